The molecule has 2 heterocycles. The highest BCUT2D eigenvalue weighted by Crippen LogP contribution is 2.20. The SMILES string of the molecule is CCCCn1c(=O)[nH]c(=O)c2c1nc(CCC(=O)Nc1ccc(F)c(F)c1F)n2CC(C)C. The van der Waals surface area contributed by atoms with E-state index in [0.29, 0.717) is 18.9 Å². The number of aryl methyl sites for hydroxylation is 2. The summed E-state index contributed by atoms with van der Waals surface area (Å²) >= 11 is 0. The number of rotatable bonds is 9. The quantitative estimate of drug-likeness (QED) is 0.473. The minimum absolute atomic E-state index is 0.0833. The first-order chi connectivity index (χ1) is 15.6. The van der Waals surface area contributed by atoms with Crippen molar-refractivity contribution in [3.8, 4) is 0 Å². The van der Waals surface area contributed by atoms with Crippen LogP contribution in [0.25, 0.3) is 11.2 Å². The molecule has 0 saturated carbocycles. The van der Waals surface area contributed by atoms with E-state index in [4.69, 9.17) is 0 Å². The molecule has 0 radical (unpaired) electrons. The summed E-state index contributed by atoms with van der Waals surface area (Å²) in [4.78, 5) is 44.2. The number of aromatic nitrogens is 4. The first-order valence-corrected chi connectivity index (χ1v) is 10.8. The van der Waals surface area contributed by atoms with Gasteiger partial charge in [-0.3, -0.25) is 19.1 Å². The average molecular weight is 465 g/mol. The summed E-state index contributed by atoms with van der Waals surface area (Å²) in [6.45, 7) is 6.70. The summed E-state index contributed by atoms with van der Waals surface area (Å²) in [5, 5.41) is 2.22. The van der Waals surface area contributed by atoms with Crippen LogP contribution in [0, 0.1) is 23.4 Å². The van der Waals surface area contributed by atoms with Gasteiger partial charge in [0, 0.05) is 25.9 Å². The fourth-order valence-corrected chi connectivity index (χ4v) is 3.55. The third kappa shape index (κ3) is 5.18. The van der Waals surface area contributed by atoms with Crippen LogP contribution in [0.2, 0.25) is 0 Å². The van der Waals surface area contributed by atoms with E-state index in [2.05, 4.69) is 15.3 Å². The molecule has 2 aromatic heterocycles. The van der Waals surface area contributed by atoms with E-state index in [-0.39, 0.29) is 29.9 Å². The monoisotopic (exact) mass is 465 g/mol. The number of hydrogen-bond donors (Lipinski definition) is 2. The molecular formula is C22H26F3N5O3. The fourth-order valence-electron chi connectivity index (χ4n) is 3.55. The summed E-state index contributed by atoms with van der Waals surface area (Å²) in [5.74, 6) is -4.59. The van der Waals surface area contributed by atoms with E-state index in [1.807, 2.05) is 20.8 Å². The maximum Gasteiger partial charge on any atom is 0.330 e. The van der Waals surface area contributed by atoms with E-state index in [1.165, 1.54) is 4.57 Å². The predicted octanol–water partition coefficient (Wildman–Crippen LogP) is 3.33. The first kappa shape index (κ1) is 24.3. The summed E-state index contributed by atoms with van der Waals surface area (Å²) in [7, 11) is 0. The van der Waals surface area contributed by atoms with Crippen molar-refractivity contribution >= 4 is 22.8 Å². The molecule has 8 nitrogen and oxygen atoms in total. The van der Waals surface area contributed by atoms with Crippen molar-refractivity contribution in [1.29, 1.82) is 0 Å². The highest BCUT2D eigenvalue weighted by molar-refractivity contribution is 5.91. The second-order valence-electron chi connectivity index (χ2n) is 8.24. The van der Waals surface area contributed by atoms with Gasteiger partial charge in [-0.25, -0.2) is 22.9 Å². The number of H-pyrrole nitrogens is 1. The number of nitrogens with one attached hydrogen (secondary N) is 2. The van der Waals surface area contributed by atoms with Crippen LogP contribution in [-0.4, -0.2) is 25.0 Å². The fraction of sp³-hybridized carbons (Fsp3) is 0.455. The van der Waals surface area contributed by atoms with E-state index in [1.54, 1.807) is 4.57 Å². The van der Waals surface area contributed by atoms with Gasteiger partial charge < -0.3 is 9.88 Å². The molecule has 0 atom stereocenters. The zero-order valence-electron chi connectivity index (χ0n) is 18.7. The van der Waals surface area contributed by atoms with Gasteiger partial charge in [-0.15, -0.1) is 0 Å². The lowest BCUT2D eigenvalue weighted by Gasteiger charge is -2.12. The molecule has 3 rings (SSSR count). The molecule has 0 saturated heterocycles. The van der Waals surface area contributed by atoms with Crippen molar-refractivity contribution < 1.29 is 18.0 Å². The van der Waals surface area contributed by atoms with Crippen molar-refractivity contribution in [3.63, 3.8) is 0 Å². The van der Waals surface area contributed by atoms with Gasteiger partial charge >= 0.3 is 5.69 Å². The second kappa shape index (κ2) is 10.1. The number of carbonyl (C=O) groups is 1. The molecule has 1 amide bonds. The zero-order chi connectivity index (χ0) is 24.3. The van der Waals surface area contributed by atoms with Crippen molar-refractivity contribution in [1.82, 2.24) is 19.1 Å². The van der Waals surface area contributed by atoms with Gasteiger partial charge in [0.25, 0.3) is 5.56 Å². The van der Waals surface area contributed by atoms with Crippen LogP contribution < -0.4 is 16.6 Å². The number of fused-ring (bicyclic) bond motifs is 1. The normalized spacial score (nSPS) is 11.5. The Labute approximate surface area is 187 Å². The van der Waals surface area contributed by atoms with Crippen LogP contribution in [0.3, 0.4) is 0 Å². The van der Waals surface area contributed by atoms with Crippen LogP contribution >= 0.6 is 0 Å². The Morgan fingerprint density at radius 1 is 1.15 bits per heavy atom. The second-order valence-corrected chi connectivity index (χ2v) is 8.24. The largest absolute Gasteiger partial charge is 0.330 e. The molecule has 33 heavy (non-hydrogen) atoms. The number of nitrogens with zero attached hydrogens (tertiary/aromatic N) is 3. The smallest absolute Gasteiger partial charge is 0.323 e. The number of carbonyl (C=O) groups excluding carboxylic acids is 1. The van der Waals surface area contributed by atoms with Gasteiger partial charge in [-0.2, -0.15) is 0 Å². The van der Waals surface area contributed by atoms with E-state index in [0.717, 1.165) is 25.0 Å². The van der Waals surface area contributed by atoms with Crippen molar-refractivity contribution in [3.05, 3.63) is 56.2 Å². The predicted molar refractivity (Wildman–Crippen MR) is 118 cm³/mol. The van der Waals surface area contributed by atoms with Gasteiger partial charge in [0.2, 0.25) is 5.91 Å². The molecule has 0 aliphatic heterocycles. The molecule has 0 fully saturated rings. The topological polar surface area (TPSA) is 102 Å². The van der Waals surface area contributed by atoms with Crippen LogP contribution in [0.5, 0.6) is 0 Å². The zero-order valence-corrected chi connectivity index (χ0v) is 18.7. The number of aromatic amines is 1. The highest BCUT2D eigenvalue weighted by atomic mass is 19.2. The summed E-state index contributed by atoms with van der Waals surface area (Å²) < 4.78 is 43.4. The Hall–Kier alpha value is -3.37. The summed E-state index contributed by atoms with van der Waals surface area (Å²) in [5.41, 5.74) is -1.08. The molecule has 0 aliphatic carbocycles. The number of amides is 1. The maximum absolute atomic E-state index is 13.8. The third-order valence-electron chi connectivity index (χ3n) is 5.13. The minimum Gasteiger partial charge on any atom is -0.323 e. The Morgan fingerprint density at radius 3 is 2.55 bits per heavy atom. The first-order valence-electron chi connectivity index (χ1n) is 10.8. The average Bonchev–Trinajstić information content (AvgIpc) is 3.10. The van der Waals surface area contributed by atoms with E-state index in [9.17, 15) is 27.6 Å². The van der Waals surface area contributed by atoms with E-state index >= 15 is 0 Å². The Bertz CT molecular complexity index is 1290. The molecule has 0 bridgehead atoms. The van der Waals surface area contributed by atoms with E-state index < -0.39 is 40.3 Å². The molecule has 0 unspecified atom stereocenters. The standard InChI is InChI=1S/C22H26F3N5O3/c1-4-5-10-29-20-19(21(32)28-22(29)33)30(11-12(2)3)15(27-20)8-9-16(31)26-14-7-6-13(23)17(24)18(14)25/h6-7,12H,4-5,8-11H2,1-3H3,(H,26,31)(H,28,32,33). The molecule has 0 aliphatic rings. The van der Waals surface area contributed by atoms with Crippen molar-refractivity contribution in [2.45, 2.75) is 59.5 Å². The van der Waals surface area contributed by atoms with Gasteiger partial charge in [-0.05, 0) is 24.5 Å². The van der Waals surface area contributed by atoms with Gasteiger partial charge in [0.15, 0.2) is 28.6 Å². The molecule has 1 aromatic carbocycles. The lowest BCUT2D eigenvalue weighted by Crippen LogP contribution is -2.31. The third-order valence-corrected chi connectivity index (χ3v) is 5.13. The Kier molecular flexibility index (Phi) is 7.39. The van der Waals surface area contributed by atoms with Crippen LogP contribution in [0.15, 0.2) is 21.7 Å². The van der Waals surface area contributed by atoms with Gasteiger partial charge in [0.1, 0.15) is 5.82 Å². The number of imidazole rings is 1. The number of unbranched alkanes of at least 4 members (excludes halogenated alkanes) is 1. The minimum atomic E-state index is -1.67. The number of benzene rings is 1. The lowest BCUT2D eigenvalue weighted by atomic mass is 10.2. The van der Waals surface area contributed by atoms with Crippen molar-refractivity contribution in [2.75, 3.05) is 5.32 Å². The molecule has 11 heteroatoms. The van der Waals surface area contributed by atoms with Crippen LogP contribution in [0.4, 0.5) is 18.9 Å². The van der Waals surface area contributed by atoms with Crippen LogP contribution in [0.1, 0.15) is 45.9 Å². The Balaban J connectivity index is 1.92. The lowest BCUT2D eigenvalue weighted by molar-refractivity contribution is -0.116. The number of anilines is 1. The maximum atomic E-state index is 13.8. The van der Waals surface area contributed by atoms with Crippen LogP contribution in [-0.2, 0) is 24.3 Å². The molecule has 178 valence electrons. The molecular weight excluding hydrogens is 439 g/mol. The number of hydrogen-bond acceptors (Lipinski definition) is 4. The summed E-state index contributed by atoms with van der Waals surface area (Å²) in [6, 6.07) is 1.66. The molecule has 0 spiro atoms. The summed E-state index contributed by atoms with van der Waals surface area (Å²) in [6.07, 6.45) is 1.49. The van der Waals surface area contributed by atoms with Gasteiger partial charge in [-0.1, -0.05) is 27.2 Å². The molecule has 3 aromatic rings. The Morgan fingerprint density at radius 2 is 1.88 bits per heavy atom. The van der Waals surface area contributed by atoms with Gasteiger partial charge in [0.05, 0.1) is 5.69 Å². The molecule has 2 N–H and O–H groups in total. The van der Waals surface area contributed by atoms with Crippen molar-refractivity contribution in [2.24, 2.45) is 5.92 Å². The highest BCUT2D eigenvalue weighted by Gasteiger charge is 2.20. The number of halogens is 3.